The molecule has 0 aliphatic heterocycles. The predicted octanol–water partition coefficient (Wildman–Crippen LogP) is 3.49. The molecular formula is C16H22O2. The lowest BCUT2D eigenvalue weighted by atomic mass is 9.54. The van der Waals surface area contributed by atoms with Crippen LogP contribution in [0.4, 0.5) is 0 Å². The zero-order chi connectivity index (χ0) is 12.5. The van der Waals surface area contributed by atoms with Crippen molar-refractivity contribution in [1.82, 2.24) is 0 Å². The third-order valence-electron chi connectivity index (χ3n) is 4.89. The standard InChI is InChI=1S/C16H22O2/c1-2-18-16(17)5-3-4-15-13-7-11-6-12(9-13)10-14(15)8-11/h3-5,11-14H,2,6-10H2,1H3/b5-3+,15-4?. The number of hydrogen-bond acceptors (Lipinski definition) is 2. The van der Waals surface area contributed by atoms with Crippen molar-refractivity contribution < 1.29 is 9.53 Å². The second-order valence-electron chi connectivity index (χ2n) is 6.08. The summed E-state index contributed by atoms with van der Waals surface area (Å²) in [5.41, 5.74) is 1.61. The Hall–Kier alpha value is -1.05. The molecular weight excluding hydrogens is 224 g/mol. The zero-order valence-corrected chi connectivity index (χ0v) is 11.1. The van der Waals surface area contributed by atoms with Crippen LogP contribution in [-0.2, 0) is 9.53 Å². The first-order valence-corrected chi connectivity index (χ1v) is 7.31. The van der Waals surface area contributed by atoms with Gasteiger partial charge in [0.2, 0.25) is 0 Å². The Morgan fingerprint density at radius 2 is 1.78 bits per heavy atom. The summed E-state index contributed by atoms with van der Waals surface area (Å²) in [4.78, 5) is 11.3. The van der Waals surface area contributed by atoms with Crippen LogP contribution in [0.2, 0.25) is 0 Å². The van der Waals surface area contributed by atoms with E-state index in [4.69, 9.17) is 4.74 Å². The van der Waals surface area contributed by atoms with Crippen LogP contribution in [0.5, 0.6) is 0 Å². The first-order chi connectivity index (χ1) is 8.76. The van der Waals surface area contributed by atoms with Crippen LogP contribution >= 0.6 is 0 Å². The van der Waals surface area contributed by atoms with Crippen molar-refractivity contribution in [2.24, 2.45) is 23.7 Å². The van der Waals surface area contributed by atoms with E-state index in [1.807, 2.05) is 13.0 Å². The molecule has 0 aromatic carbocycles. The van der Waals surface area contributed by atoms with Crippen molar-refractivity contribution in [3.05, 3.63) is 23.8 Å². The lowest BCUT2D eigenvalue weighted by molar-refractivity contribution is -0.137. The average molecular weight is 246 g/mol. The minimum Gasteiger partial charge on any atom is -0.463 e. The van der Waals surface area contributed by atoms with Gasteiger partial charge in [-0.3, -0.25) is 0 Å². The molecule has 0 radical (unpaired) electrons. The monoisotopic (exact) mass is 246 g/mol. The van der Waals surface area contributed by atoms with E-state index in [2.05, 4.69) is 6.08 Å². The van der Waals surface area contributed by atoms with Gasteiger partial charge in [-0.2, -0.15) is 0 Å². The number of rotatable bonds is 3. The van der Waals surface area contributed by atoms with E-state index in [0.717, 1.165) is 23.7 Å². The van der Waals surface area contributed by atoms with Gasteiger partial charge in [0, 0.05) is 6.08 Å². The summed E-state index contributed by atoms with van der Waals surface area (Å²) in [5, 5.41) is 0. The van der Waals surface area contributed by atoms with Crippen molar-refractivity contribution in [1.29, 1.82) is 0 Å². The molecule has 18 heavy (non-hydrogen) atoms. The van der Waals surface area contributed by atoms with Crippen molar-refractivity contribution in [2.45, 2.75) is 39.0 Å². The Morgan fingerprint density at radius 1 is 1.17 bits per heavy atom. The SMILES string of the molecule is CCOC(=O)/C=C/C=C1C2CC3CC(C2)CC1C3. The zero-order valence-electron chi connectivity index (χ0n) is 11.1. The molecule has 0 aromatic heterocycles. The molecule has 0 aromatic rings. The summed E-state index contributed by atoms with van der Waals surface area (Å²) in [6, 6.07) is 0. The van der Waals surface area contributed by atoms with Crippen LogP contribution < -0.4 is 0 Å². The fourth-order valence-corrected chi connectivity index (χ4v) is 4.43. The summed E-state index contributed by atoms with van der Waals surface area (Å²) >= 11 is 0. The summed E-state index contributed by atoms with van der Waals surface area (Å²) in [5.74, 6) is 3.40. The molecule has 0 heterocycles. The molecule has 4 fully saturated rings. The molecule has 0 spiro atoms. The summed E-state index contributed by atoms with van der Waals surface area (Å²) in [6.45, 7) is 2.29. The Balaban J connectivity index is 1.67. The van der Waals surface area contributed by atoms with Crippen molar-refractivity contribution >= 4 is 5.97 Å². The molecule has 0 saturated heterocycles. The molecule has 2 nitrogen and oxygen atoms in total. The normalized spacial score (nSPS) is 37.3. The van der Waals surface area contributed by atoms with Crippen LogP contribution in [0, 0.1) is 23.7 Å². The van der Waals surface area contributed by atoms with Crippen LogP contribution in [0.3, 0.4) is 0 Å². The van der Waals surface area contributed by atoms with E-state index >= 15 is 0 Å². The second-order valence-corrected chi connectivity index (χ2v) is 6.08. The van der Waals surface area contributed by atoms with E-state index < -0.39 is 0 Å². The lowest BCUT2D eigenvalue weighted by Crippen LogP contribution is -2.40. The van der Waals surface area contributed by atoms with Gasteiger partial charge in [-0.1, -0.05) is 17.7 Å². The van der Waals surface area contributed by atoms with E-state index in [1.54, 1.807) is 11.6 Å². The van der Waals surface area contributed by atoms with Gasteiger partial charge in [-0.05, 0) is 62.7 Å². The van der Waals surface area contributed by atoms with Crippen LogP contribution in [0.1, 0.15) is 39.0 Å². The molecule has 2 heteroatoms. The second kappa shape index (κ2) is 4.91. The maximum Gasteiger partial charge on any atom is 0.330 e. The third kappa shape index (κ3) is 2.25. The first kappa shape index (κ1) is 12.0. The summed E-state index contributed by atoms with van der Waals surface area (Å²) in [7, 11) is 0. The molecule has 4 saturated carbocycles. The average Bonchev–Trinajstić information content (AvgIpc) is 2.32. The topological polar surface area (TPSA) is 26.3 Å². The fraction of sp³-hybridized carbons (Fsp3) is 0.688. The minimum atomic E-state index is -0.224. The van der Waals surface area contributed by atoms with Crippen LogP contribution in [-0.4, -0.2) is 12.6 Å². The largest absolute Gasteiger partial charge is 0.463 e. The highest BCUT2D eigenvalue weighted by Gasteiger charge is 2.44. The number of allylic oxidation sites excluding steroid dienone is 3. The number of carbonyl (C=O) groups excluding carboxylic acids is 1. The summed E-state index contributed by atoms with van der Waals surface area (Å²) in [6.07, 6.45) is 12.7. The quantitative estimate of drug-likeness (QED) is 0.563. The van der Waals surface area contributed by atoms with Gasteiger partial charge >= 0.3 is 5.97 Å². The van der Waals surface area contributed by atoms with Gasteiger partial charge in [0.15, 0.2) is 0 Å². The highest BCUT2D eigenvalue weighted by molar-refractivity contribution is 5.82. The summed E-state index contributed by atoms with van der Waals surface area (Å²) < 4.78 is 4.89. The number of esters is 1. The molecule has 0 unspecified atom stereocenters. The number of hydrogen-bond donors (Lipinski definition) is 0. The maximum atomic E-state index is 11.3. The Kier molecular flexibility index (Phi) is 3.27. The van der Waals surface area contributed by atoms with Gasteiger partial charge in [0.05, 0.1) is 6.61 Å². The van der Waals surface area contributed by atoms with Crippen LogP contribution in [0.15, 0.2) is 23.8 Å². The highest BCUT2D eigenvalue weighted by Crippen LogP contribution is 2.56. The van der Waals surface area contributed by atoms with Gasteiger partial charge in [-0.25, -0.2) is 4.79 Å². The molecule has 0 amide bonds. The molecule has 0 N–H and O–H groups in total. The van der Waals surface area contributed by atoms with Crippen LogP contribution in [0.25, 0.3) is 0 Å². The lowest BCUT2D eigenvalue weighted by Gasteiger charge is -2.51. The Bertz CT molecular complexity index is 362. The van der Waals surface area contributed by atoms with E-state index in [1.165, 1.54) is 32.1 Å². The van der Waals surface area contributed by atoms with E-state index in [-0.39, 0.29) is 5.97 Å². The van der Waals surface area contributed by atoms with E-state index in [0.29, 0.717) is 6.61 Å². The van der Waals surface area contributed by atoms with E-state index in [9.17, 15) is 4.79 Å². The number of carbonyl (C=O) groups is 1. The first-order valence-electron chi connectivity index (χ1n) is 7.31. The van der Waals surface area contributed by atoms with Crippen molar-refractivity contribution in [3.8, 4) is 0 Å². The molecule has 4 bridgehead atoms. The third-order valence-corrected chi connectivity index (χ3v) is 4.89. The Morgan fingerprint density at radius 3 is 2.33 bits per heavy atom. The van der Waals surface area contributed by atoms with Crippen molar-refractivity contribution in [2.75, 3.05) is 6.61 Å². The minimum absolute atomic E-state index is 0.224. The molecule has 4 aliphatic rings. The smallest absolute Gasteiger partial charge is 0.330 e. The van der Waals surface area contributed by atoms with Gasteiger partial charge in [-0.15, -0.1) is 0 Å². The highest BCUT2D eigenvalue weighted by atomic mass is 16.5. The predicted molar refractivity (Wildman–Crippen MR) is 70.9 cm³/mol. The number of ether oxygens (including phenoxy) is 1. The van der Waals surface area contributed by atoms with Gasteiger partial charge in [0.25, 0.3) is 0 Å². The molecule has 98 valence electrons. The van der Waals surface area contributed by atoms with Crippen molar-refractivity contribution in [3.63, 3.8) is 0 Å². The van der Waals surface area contributed by atoms with Gasteiger partial charge in [0.1, 0.15) is 0 Å². The molecule has 0 atom stereocenters. The fourth-order valence-electron chi connectivity index (χ4n) is 4.43. The molecule has 4 rings (SSSR count). The van der Waals surface area contributed by atoms with Gasteiger partial charge < -0.3 is 4.74 Å². The molecule has 4 aliphatic carbocycles. The Labute approximate surface area is 109 Å². The maximum absolute atomic E-state index is 11.3.